The summed E-state index contributed by atoms with van der Waals surface area (Å²) in [6.07, 6.45) is 25.4. The van der Waals surface area contributed by atoms with Gasteiger partial charge in [-0.15, -0.1) is 0 Å². The zero-order valence-electron chi connectivity index (χ0n) is 28.3. The molecule has 0 bridgehead atoms. The lowest BCUT2D eigenvalue weighted by Crippen LogP contribution is -2.38. The third-order valence-electron chi connectivity index (χ3n) is 8.39. The minimum Gasteiger partial charge on any atom is -0.447 e. The number of nitrogens with zero attached hydrogens (tertiary/aromatic N) is 1. The van der Waals surface area contributed by atoms with Crippen molar-refractivity contribution >= 4 is 26.9 Å². The monoisotopic (exact) mass is 648 g/mol. The van der Waals surface area contributed by atoms with Crippen LogP contribution in [-0.4, -0.2) is 53.2 Å². The number of hydrogen-bond donors (Lipinski definition) is 2. The van der Waals surface area contributed by atoms with Crippen molar-refractivity contribution in [2.24, 2.45) is 0 Å². The quantitative estimate of drug-likeness (QED) is 0.0724. The summed E-state index contributed by atoms with van der Waals surface area (Å²) < 4.78 is 40.2. The first-order valence-corrected chi connectivity index (χ1v) is 19.4. The van der Waals surface area contributed by atoms with Crippen molar-refractivity contribution in [3.8, 4) is 0 Å². The van der Waals surface area contributed by atoms with E-state index in [0.717, 1.165) is 31.2 Å². The molecule has 1 heterocycles. The zero-order valence-corrected chi connectivity index (χ0v) is 29.1. The van der Waals surface area contributed by atoms with Crippen LogP contribution >= 0.6 is 0 Å². The number of sulfonamides is 1. The largest absolute Gasteiger partial charge is 0.447 e. The first-order chi connectivity index (χ1) is 21.9. The number of nitrogens with one attached hydrogen (secondary N) is 2. The van der Waals surface area contributed by atoms with E-state index in [-0.39, 0.29) is 18.9 Å². The molecule has 0 aliphatic heterocycles. The Balaban J connectivity index is 1.41. The molecule has 0 fully saturated rings. The van der Waals surface area contributed by atoms with Crippen LogP contribution in [0.1, 0.15) is 122 Å². The Labute approximate surface area is 274 Å². The van der Waals surface area contributed by atoms with E-state index in [2.05, 4.69) is 45.9 Å². The Bertz CT molecular complexity index is 1140. The number of rotatable bonds is 28. The molecule has 2 N–H and O–H groups in total. The summed E-state index contributed by atoms with van der Waals surface area (Å²) in [6, 6.07) is 10.2. The maximum atomic E-state index is 12.5. The second-order valence-corrected chi connectivity index (χ2v) is 14.3. The zero-order chi connectivity index (χ0) is 32.4. The average molecular weight is 649 g/mol. The van der Waals surface area contributed by atoms with Crippen molar-refractivity contribution in [3.63, 3.8) is 0 Å². The van der Waals surface area contributed by atoms with Crippen LogP contribution in [0.25, 0.3) is 10.8 Å². The van der Waals surface area contributed by atoms with E-state index in [1.165, 1.54) is 102 Å². The number of aromatic nitrogens is 1. The number of methoxy groups -OCH3 is 1. The molecule has 0 aliphatic rings. The highest BCUT2D eigenvalue weighted by Crippen LogP contribution is 2.14. The van der Waals surface area contributed by atoms with Gasteiger partial charge in [0.2, 0.25) is 10.0 Å². The molecule has 0 saturated carbocycles. The lowest BCUT2D eigenvalue weighted by atomic mass is 10.0. The first kappa shape index (κ1) is 39.0. The Morgan fingerprint density at radius 1 is 0.778 bits per heavy atom. The van der Waals surface area contributed by atoms with E-state index in [9.17, 15) is 13.2 Å². The molecule has 0 spiro atoms. The van der Waals surface area contributed by atoms with Crippen molar-refractivity contribution in [3.05, 3.63) is 42.7 Å². The van der Waals surface area contributed by atoms with Gasteiger partial charge in [-0.3, -0.25) is 0 Å². The number of carbonyl (C=O) groups is 1. The van der Waals surface area contributed by atoms with Gasteiger partial charge >= 0.3 is 6.09 Å². The number of fused-ring (bicyclic) bond motifs is 1. The van der Waals surface area contributed by atoms with Crippen LogP contribution in [0.4, 0.5) is 4.79 Å². The van der Waals surface area contributed by atoms with Crippen LogP contribution < -0.4 is 14.6 Å². The first-order valence-electron chi connectivity index (χ1n) is 17.7. The maximum Gasteiger partial charge on any atom is 0.407 e. The Morgan fingerprint density at radius 2 is 1.36 bits per heavy atom. The molecule has 0 aliphatic carbocycles. The van der Waals surface area contributed by atoms with Gasteiger partial charge < -0.3 is 14.8 Å². The van der Waals surface area contributed by atoms with Crippen molar-refractivity contribution in [2.75, 3.05) is 32.6 Å². The molecule has 2 aromatic rings. The lowest BCUT2D eigenvalue weighted by molar-refractivity contribution is -0.696. The van der Waals surface area contributed by atoms with Crippen LogP contribution in [-0.2, 0) is 26.0 Å². The molecule has 1 atom stereocenters. The van der Waals surface area contributed by atoms with Crippen LogP contribution in [0, 0.1) is 0 Å². The highest BCUT2D eigenvalue weighted by atomic mass is 32.2. The normalized spacial score (nSPS) is 12.4. The Morgan fingerprint density at radius 3 is 1.96 bits per heavy atom. The Hall–Kier alpha value is -2.23. The molecule has 45 heavy (non-hydrogen) atoms. The van der Waals surface area contributed by atoms with E-state index >= 15 is 0 Å². The molecule has 0 saturated heterocycles. The summed E-state index contributed by atoms with van der Waals surface area (Å²) in [5.74, 6) is 0.0399. The van der Waals surface area contributed by atoms with E-state index in [1.807, 2.05) is 18.3 Å². The third kappa shape index (κ3) is 19.8. The van der Waals surface area contributed by atoms with E-state index in [0.29, 0.717) is 13.0 Å². The van der Waals surface area contributed by atoms with Gasteiger partial charge in [0.1, 0.15) is 19.3 Å². The molecule has 0 radical (unpaired) electrons. The number of unbranched alkanes of at least 4 members (excludes halogenated alkanes) is 16. The van der Waals surface area contributed by atoms with Gasteiger partial charge in [0.05, 0.1) is 5.75 Å². The van der Waals surface area contributed by atoms with E-state index in [4.69, 9.17) is 9.47 Å². The standard InChI is InChI=1S/C36H61N3O5S/c1-3-4-5-6-7-8-9-10-11-12-13-14-15-16-17-20-26-37-36(40)44-32-35(43-2)30-38-45(41,42)29-22-21-27-39-28-25-33-23-18-19-24-34(33)31-39/h18-19,23-25,28,31,35,38H,3-17,20-22,26-27,29-30,32H2,1-2H3/p+1. The van der Waals surface area contributed by atoms with Crippen LogP contribution in [0.5, 0.6) is 0 Å². The van der Waals surface area contributed by atoms with E-state index < -0.39 is 22.2 Å². The number of amides is 1. The number of pyridine rings is 1. The summed E-state index contributed by atoms with van der Waals surface area (Å²) in [5, 5.41) is 5.13. The molecule has 8 nitrogen and oxygen atoms in total. The van der Waals surface area contributed by atoms with Crippen molar-refractivity contribution in [1.29, 1.82) is 0 Å². The van der Waals surface area contributed by atoms with Crippen LogP contribution in [0.2, 0.25) is 0 Å². The van der Waals surface area contributed by atoms with Gasteiger partial charge in [-0.05, 0) is 24.3 Å². The molecule has 1 aromatic heterocycles. The van der Waals surface area contributed by atoms with Crippen molar-refractivity contribution in [1.82, 2.24) is 10.0 Å². The highest BCUT2D eigenvalue weighted by molar-refractivity contribution is 7.89. The van der Waals surface area contributed by atoms with Crippen molar-refractivity contribution in [2.45, 2.75) is 135 Å². The third-order valence-corrected chi connectivity index (χ3v) is 9.82. The summed E-state index contributed by atoms with van der Waals surface area (Å²) >= 11 is 0. The topological polar surface area (TPSA) is 97.6 Å². The Kier molecular flexibility index (Phi) is 21.6. The number of ether oxygens (including phenoxy) is 2. The molecule has 1 unspecified atom stereocenters. The van der Waals surface area contributed by atoms with Gasteiger partial charge in [-0.2, -0.15) is 0 Å². The summed E-state index contributed by atoms with van der Waals surface area (Å²) in [6.45, 7) is 3.66. The van der Waals surface area contributed by atoms with Crippen LogP contribution in [0.15, 0.2) is 42.7 Å². The minimum absolute atomic E-state index is 0.0115. The number of hydrogen-bond acceptors (Lipinski definition) is 5. The van der Waals surface area contributed by atoms with Crippen molar-refractivity contribution < 1.29 is 27.3 Å². The SMILES string of the molecule is CCCCCCCCCCCCCCCCCCNC(=O)OCC(CNS(=O)(=O)CCCC[n+]1ccc2ccccc2c1)OC. The number of alkyl carbamates (subject to hydrolysis) is 1. The molecule has 1 aromatic carbocycles. The van der Waals surface area contributed by atoms with Crippen LogP contribution in [0.3, 0.4) is 0 Å². The fourth-order valence-corrected chi connectivity index (χ4v) is 6.66. The van der Waals surface area contributed by atoms with Gasteiger partial charge in [-0.25, -0.2) is 22.5 Å². The smallest absolute Gasteiger partial charge is 0.407 e. The van der Waals surface area contributed by atoms with Gasteiger partial charge in [-0.1, -0.05) is 121 Å². The molecular weight excluding hydrogens is 586 g/mol. The number of benzene rings is 1. The lowest BCUT2D eigenvalue weighted by Gasteiger charge is -2.16. The minimum atomic E-state index is -3.45. The van der Waals surface area contributed by atoms with Gasteiger partial charge in [0, 0.05) is 38.1 Å². The fourth-order valence-electron chi connectivity index (χ4n) is 5.49. The predicted octanol–water partition coefficient (Wildman–Crippen LogP) is 7.83. The number of carbonyl (C=O) groups excluding carboxylic acids is 1. The second-order valence-electron chi connectivity index (χ2n) is 12.4. The van der Waals surface area contributed by atoms with Gasteiger partial charge in [0.15, 0.2) is 12.4 Å². The molecule has 256 valence electrons. The highest BCUT2D eigenvalue weighted by Gasteiger charge is 2.16. The van der Waals surface area contributed by atoms with Gasteiger partial charge in [0.25, 0.3) is 0 Å². The molecule has 1 amide bonds. The molecule has 9 heteroatoms. The summed E-state index contributed by atoms with van der Waals surface area (Å²) in [5.41, 5.74) is 0. The predicted molar refractivity (Wildman–Crippen MR) is 185 cm³/mol. The average Bonchev–Trinajstić information content (AvgIpc) is 3.04. The summed E-state index contributed by atoms with van der Waals surface area (Å²) in [7, 11) is -1.97. The second kappa shape index (κ2) is 24.9. The fraction of sp³-hybridized carbons (Fsp3) is 0.722. The van der Waals surface area contributed by atoms with E-state index in [1.54, 1.807) is 0 Å². The summed E-state index contributed by atoms with van der Waals surface area (Å²) in [4.78, 5) is 12.1. The molecule has 2 rings (SSSR count). The molecular formula is C36H62N3O5S+. The number of aryl methyl sites for hydroxylation is 1. The maximum absolute atomic E-state index is 12.5.